The smallest absolute Gasteiger partial charge is 0.161 e. The molecule has 0 amide bonds. The van der Waals surface area contributed by atoms with E-state index in [-0.39, 0.29) is 21.7 Å². The van der Waals surface area contributed by atoms with Crippen molar-refractivity contribution in [2.75, 3.05) is 71.0 Å². The van der Waals surface area contributed by atoms with E-state index in [1.54, 1.807) is 33.4 Å². The summed E-state index contributed by atoms with van der Waals surface area (Å²) in [5, 5.41) is 0. The normalized spacial score (nSPS) is 16.2. The van der Waals surface area contributed by atoms with E-state index >= 15 is 0 Å². The lowest BCUT2D eigenvalue weighted by atomic mass is 9.65. The molecule has 0 saturated carbocycles. The summed E-state index contributed by atoms with van der Waals surface area (Å²) in [6.45, 7) is 35.5. The molecule has 2 aliphatic heterocycles. The van der Waals surface area contributed by atoms with Crippen molar-refractivity contribution in [2.45, 2.75) is 356 Å². The number of ether oxygens (including phenoxy) is 6. The zero-order valence-electron chi connectivity index (χ0n) is 85.1. The minimum Gasteiger partial charge on any atom is -0.490 e. The molecule has 5 aliphatic rings. The molecule has 0 bridgehead atoms. The molecule has 2 saturated heterocycles. The molecule has 15 rings (SSSR count). The van der Waals surface area contributed by atoms with Crippen LogP contribution in [0.2, 0.25) is 0 Å². The van der Waals surface area contributed by atoms with E-state index < -0.39 is 5.41 Å². The van der Waals surface area contributed by atoms with Crippen LogP contribution in [0.5, 0.6) is 11.5 Å². The lowest BCUT2D eigenvalue weighted by Gasteiger charge is -2.40. The molecule has 10 aromatic rings. The van der Waals surface area contributed by atoms with E-state index in [4.69, 9.17) is 28.4 Å². The lowest BCUT2D eigenvalue weighted by molar-refractivity contribution is -0.150. The van der Waals surface area contributed by atoms with Gasteiger partial charge in [0.15, 0.2) is 11.5 Å². The number of hydrogen-bond acceptors (Lipinski definition) is 7. The van der Waals surface area contributed by atoms with Crippen LogP contribution in [0.4, 0.5) is 17.1 Å². The molecular weight excluding hydrogens is 1640 g/mol. The van der Waals surface area contributed by atoms with E-state index in [9.17, 15) is 0 Å². The molecule has 2 fully saturated rings. The van der Waals surface area contributed by atoms with Crippen molar-refractivity contribution in [1.82, 2.24) is 0 Å². The lowest BCUT2D eigenvalue weighted by Crippen LogP contribution is -2.45. The van der Waals surface area contributed by atoms with Crippen LogP contribution in [-0.4, -0.2) is 66.1 Å². The fourth-order valence-electron chi connectivity index (χ4n) is 23.5. The number of unbranched alkanes of at least 4 members (excludes halogenated alkanes) is 26. The highest BCUT2D eigenvalue weighted by molar-refractivity contribution is 5.93. The monoisotopic (exact) mass is 1800 g/mol. The molecule has 7 nitrogen and oxygen atoms in total. The van der Waals surface area contributed by atoms with Crippen molar-refractivity contribution in [3.63, 3.8) is 0 Å². The molecule has 7 heteroatoms. The molecule has 2 heterocycles. The van der Waals surface area contributed by atoms with Gasteiger partial charge in [-0.2, -0.15) is 0 Å². The van der Waals surface area contributed by atoms with Gasteiger partial charge in [0.25, 0.3) is 0 Å². The predicted octanol–water partition coefficient (Wildman–Crippen LogP) is 35.9. The Morgan fingerprint density at radius 2 is 0.642 bits per heavy atom. The largest absolute Gasteiger partial charge is 0.490 e. The van der Waals surface area contributed by atoms with E-state index in [1.165, 1.54) is 274 Å². The minimum absolute atomic E-state index is 0.0139. The summed E-state index contributed by atoms with van der Waals surface area (Å²) in [5.41, 5.74) is 34.7. The Hall–Kier alpha value is -8.56. The molecule has 0 aromatic heterocycles. The number of fused-ring (bicyclic) bond motifs is 9. The maximum Gasteiger partial charge on any atom is 0.161 e. The van der Waals surface area contributed by atoms with Gasteiger partial charge in [0.2, 0.25) is 0 Å². The van der Waals surface area contributed by atoms with Crippen LogP contribution in [-0.2, 0) is 35.2 Å². The SMILES string of the molecule is CCCCCCCCC1(CCCCCCCC)c2cc(C)ccc2-c2cc3c(cc21)-c1ccc(-c2ccc(N(c4ccc(-c5ccc6c(c5)C(c5ccc(OCCCCCCOCC7(CC)COC7)c(OCCCCCCOCC7(CC)COC7)c5)(c5cc(C)ccc5C)c5cc(C)ccc5-6)cc4)c4ccc(C(C)CC)cc4)cc2)cc1C3(CCCCCCCC)CCCCCCCC. The van der Waals surface area contributed by atoms with Crippen LogP contribution in [0.25, 0.3) is 55.6 Å². The van der Waals surface area contributed by atoms with Crippen LogP contribution >= 0.6 is 0 Å². The summed E-state index contributed by atoms with van der Waals surface area (Å²) in [4.78, 5) is 2.49. The van der Waals surface area contributed by atoms with Crippen LogP contribution in [0, 0.1) is 38.5 Å². The molecule has 716 valence electrons. The third-order valence-corrected chi connectivity index (χ3v) is 32.4. The summed E-state index contributed by atoms with van der Waals surface area (Å²) in [5.74, 6) is 2.07. The summed E-state index contributed by atoms with van der Waals surface area (Å²) in [6.07, 6.45) is 48.0. The average Bonchev–Trinajstić information content (AvgIpc) is 1.53. The van der Waals surface area contributed by atoms with Crippen molar-refractivity contribution in [1.29, 1.82) is 0 Å². The second-order valence-corrected chi connectivity index (χ2v) is 42.2. The van der Waals surface area contributed by atoms with Crippen molar-refractivity contribution in [2.24, 2.45) is 10.8 Å². The number of rotatable bonds is 59. The number of aryl methyl sites for hydroxylation is 4. The molecule has 3 aliphatic carbocycles. The predicted molar refractivity (Wildman–Crippen MR) is 568 cm³/mol. The number of hydrogen-bond donors (Lipinski definition) is 0. The highest BCUT2D eigenvalue weighted by atomic mass is 16.5. The van der Waals surface area contributed by atoms with Gasteiger partial charge in [0, 0.05) is 51.9 Å². The van der Waals surface area contributed by atoms with E-state index in [0.29, 0.717) is 19.1 Å². The van der Waals surface area contributed by atoms with Gasteiger partial charge in [0.1, 0.15) is 0 Å². The van der Waals surface area contributed by atoms with E-state index in [2.05, 4.69) is 282 Å². The highest BCUT2D eigenvalue weighted by Crippen LogP contribution is 2.63. The zero-order chi connectivity index (χ0) is 93.3. The third kappa shape index (κ3) is 22.7. The number of nitrogens with zero attached hydrogens (tertiary/aromatic N) is 1. The first-order valence-corrected chi connectivity index (χ1v) is 54.2. The zero-order valence-corrected chi connectivity index (χ0v) is 85.1. The summed E-state index contributed by atoms with van der Waals surface area (Å²) in [7, 11) is 0. The molecule has 134 heavy (non-hydrogen) atoms. The van der Waals surface area contributed by atoms with Gasteiger partial charge in [-0.3, -0.25) is 0 Å². The minimum atomic E-state index is -0.703. The molecule has 0 radical (unpaired) electrons. The first-order valence-electron chi connectivity index (χ1n) is 54.2. The second-order valence-electron chi connectivity index (χ2n) is 42.2. The Bertz CT molecular complexity index is 5330. The van der Waals surface area contributed by atoms with Gasteiger partial charge in [-0.05, 0) is 301 Å². The van der Waals surface area contributed by atoms with E-state index in [0.717, 1.165) is 152 Å². The van der Waals surface area contributed by atoms with Crippen molar-refractivity contribution >= 4 is 17.1 Å². The molecule has 2 unspecified atom stereocenters. The molecule has 2 atom stereocenters. The topological polar surface area (TPSA) is 58.6 Å². The number of benzene rings is 10. The Labute approximate surface area is 811 Å². The second kappa shape index (κ2) is 48.2. The fraction of sp³-hybridized carbons (Fsp3) is 0.528. The van der Waals surface area contributed by atoms with Crippen LogP contribution in [0.15, 0.2) is 194 Å². The molecule has 10 aromatic carbocycles. The quantitative estimate of drug-likeness (QED) is 0.0352. The van der Waals surface area contributed by atoms with Gasteiger partial charge in [-0.25, -0.2) is 0 Å². The van der Waals surface area contributed by atoms with Gasteiger partial charge < -0.3 is 33.3 Å². The Morgan fingerprint density at radius 3 is 1.07 bits per heavy atom. The van der Waals surface area contributed by atoms with Crippen LogP contribution in [0.1, 0.15) is 384 Å². The van der Waals surface area contributed by atoms with Crippen LogP contribution in [0.3, 0.4) is 0 Å². The van der Waals surface area contributed by atoms with Crippen molar-refractivity contribution in [3.05, 3.63) is 266 Å². The maximum absolute atomic E-state index is 7.12. The standard InChI is InChI=1S/C127H167NO6/c1-13-20-24-28-32-40-72-125(73-41-33-29-25-21-14-2)115-81-95(9)50-68-110(115)112-86-118-113(87-117(112)125)111-70-59-102(83-116(111)126(118,74-42-34-30-26-22-15-3)75-43-35-31-27-23-16-4)100-54-63-106(64-55-100)128(105-61-52-99(53-62-105)97(11)17-5)107-65-56-101(57-66-107)103-58-69-109-108-67-49-96(10)82-119(108)127(120(109)84-103,114-80-94(8)48-51-98(114)12)104-60-71-121(133-78-46-38-36-44-76-129-88-123(18-6)90-131-91-123)122(85-104)134-79-47-39-37-45-77-130-89-124(19-7)92-132-93-124/h48-71,80-87,97H,13-47,72-79,88-93H2,1-12H3. The molecule has 0 N–H and O–H groups in total. The highest BCUT2D eigenvalue weighted by Gasteiger charge is 2.51. The van der Waals surface area contributed by atoms with Crippen molar-refractivity contribution < 1.29 is 28.4 Å². The first kappa shape index (κ1) is 99.9. The number of anilines is 3. The van der Waals surface area contributed by atoms with Gasteiger partial charge in [-0.1, -0.05) is 360 Å². The fourth-order valence-corrected chi connectivity index (χ4v) is 23.5. The van der Waals surface area contributed by atoms with Gasteiger partial charge in [0.05, 0.1) is 58.3 Å². The van der Waals surface area contributed by atoms with Crippen molar-refractivity contribution in [3.8, 4) is 67.1 Å². The van der Waals surface area contributed by atoms with Gasteiger partial charge in [-0.15, -0.1) is 0 Å². The van der Waals surface area contributed by atoms with Gasteiger partial charge >= 0.3 is 0 Å². The Balaban J connectivity index is 0.767. The summed E-state index contributed by atoms with van der Waals surface area (Å²) < 4.78 is 37.7. The molecule has 0 spiro atoms. The molecular formula is C127H167NO6. The van der Waals surface area contributed by atoms with E-state index in [1.807, 2.05) is 0 Å². The Morgan fingerprint density at radius 1 is 0.299 bits per heavy atom. The summed E-state index contributed by atoms with van der Waals surface area (Å²) in [6, 6.07) is 78.4. The average molecular weight is 1800 g/mol. The van der Waals surface area contributed by atoms with Crippen LogP contribution < -0.4 is 14.4 Å². The summed E-state index contributed by atoms with van der Waals surface area (Å²) >= 11 is 0. The first-order chi connectivity index (χ1) is 65.6. The third-order valence-electron chi connectivity index (χ3n) is 32.4. The Kier molecular flexibility index (Phi) is 35.9. The maximum atomic E-state index is 7.12.